The highest BCUT2D eigenvalue weighted by Gasteiger charge is 2.13. The van der Waals surface area contributed by atoms with E-state index in [2.05, 4.69) is 15.0 Å². The van der Waals surface area contributed by atoms with Crippen LogP contribution in [0.15, 0.2) is 30.7 Å². The summed E-state index contributed by atoms with van der Waals surface area (Å²) in [4.78, 5) is 21.7. The maximum atomic E-state index is 10.5. The highest BCUT2D eigenvalue weighted by Crippen LogP contribution is 2.25. The molecular weight excluding hydrogens is 232 g/mol. The molecular formula is C9H5ClN4O2. The van der Waals surface area contributed by atoms with E-state index in [0.717, 1.165) is 6.20 Å². The second kappa shape index (κ2) is 4.19. The zero-order valence-corrected chi connectivity index (χ0v) is 8.63. The lowest BCUT2D eigenvalue weighted by Gasteiger charge is -2.00. The molecule has 0 unspecified atom stereocenters. The van der Waals surface area contributed by atoms with Crippen LogP contribution in [0.2, 0.25) is 5.02 Å². The number of rotatable bonds is 2. The molecule has 0 spiro atoms. The number of nitro groups is 1. The average molecular weight is 237 g/mol. The molecule has 0 saturated heterocycles. The highest BCUT2D eigenvalue weighted by molar-refractivity contribution is 6.33. The molecule has 0 aromatic carbocycles. The van der Waals surface area contributed by atoms with Gasteiger partial charge in [-0.25, -0.2) is 15.0 Å². The first-order valence-electron chi connectivity index (χ1n) is 4.26. The fourth-order valence-corrected chi connectivity index (χ4v) is 1.36. The lowest BCUT2D eigenvalue weighted by Crippen LogP contribution is -1.94. The molecule has 0 aliphatic rings. The number of pyridine rings is 1. The van der Waals surface area contributed by atoms with E-state index in [1.165, 1.54) is 6.07 Å². The summed E-state index contributed by atoms with van der Waals surface area (Å²) in [6.45, 7) is 0. The van der Waals surface area contributed by atoms with E-state index < -0.39 is 4.92 Å². The molecule has 0 radical (unpaired) electrons. The molecule has 0 atom stereocenters. The molecule has 2 aromatic heterocycles. The Labute approximate surface area is 95.1 Å². The Hall–Kier alpha value is -2.08. The SMILES string of the molecule is O=[N+]([O-])c1cnc(-c2ncccn2)c(Cl)c1. The summed E-state index contributed by atoms with van der Waals surface area (Å²) >= 11 is 5.86. The van der Waals surface area contributed by atoms with Crippen molar-refractivity contribution in [2.24, 2.45) is 0 Å². The number of nitrogens with zero attached hydrogens (tertiary/aromatic N) is 4. The summed E-state index contributed by atoms with van der Waals surface area (Å²) in [6.07, 6.45) is 4.21. The van der Waals surface area contributed by atoms with Gasteiger partial charge in [0.15, 0.2) is 5.82 Å². The van der Waals surface area contributed by atoms with Crippen molar-refractivity contribution in [3.63, 3.8) is 0 Å². The van der Waals surface area contributed by atoms with Gasteiger partial charge in [-0.1, -0.05) is 11.6 Å². The van der Waals surface area contributed by atoms with Crippen LogP contribution in [0, 0.1) is 10.1 Å². The minimum atomic E-state index is -0.561. The topological polar surface area (TPSA) is 81.8 Å². The van der Waals surface area contributed by atoms with Crippen LogP contribution >= 0.6 is 11.6 Å². The van der Waals surface area contributed by atoms with Crippen molar-refractivity contribution in [2.45, 2.75) is 0 Å². The number of halogens is 1. The molecule has 2 rings (SSSR count). The van der Waals surface area contributed by atoms with Crippen LogP contribution < -0.4 is 0 Å². The quantitative estimate of drug-likeness (QED) is 0.589. The number of hydrogen-bond acceptors (Lipinski definition) is 5. The smallest absolute Gasteiger partial charge is 0.258 e. The summed E-state index contributed by atoms with van der Waals surface area (Å²) in [5, 5.41) is 10.6. The Morgan fingerprint density at radius 2 is 1.94 bits per heavy atom. The second-order valence-electron chi connectivity index (χ2n) is 2.85. The fourth-order valence-electron chi connectivity index (χ4n) is 1.11. The molecule has 0 amide bonds. The molecule has 0 fully saturated rings. The van der Waals surface area contributed by atoms with E-state index >= 15 is 0 Å². The summed E-state index contributed by atoms with van der Waals surface area (Å²) in [6, 6.07) is 2.88. The van der Waals surface area contributed by atoms with Crippen LogP contribution in [0.4, 0.5) is 5.69 Å². The first-order valence-corrected chi connectivity index (χ1v) is 4.63. The van der Waals surface area contributed by atoms with Gasteiger partial charge in [-0.2, -0.15) is 0 Å². The third kappa shape index (κ3) is 1.96. The van der Waals surface area contributed by atoms with Gasteiger partial charge in [-0.15, -0.1) is 0 Å². The maximum Gasteiger partial charge on any atom is 0.289 e. The van der Waals surface area contributed by atoms with Crippen LogP contribution in [0.25, 0.3) is 11.5 Å². The number of aromatic nitrogens is 3. The van der Waals surface area contributed by atoms with E-state index in [4.69, 9.17) is 11.6 Å². The van der Waals surface area contributed by atoms with Crippen LogP contribution in [0.1, 0.15) is 0 Å². The van der Waals surface area contributed by atoms with E-state index in [9.17, 15) is 10.1 Å². The predicted molar refractivity (Wildman–Crippen MR) is 56.9 cm³/mol. The third-order valence-electron chi connectivity index (χ3n) is 1.82. The largest absolute Gasteiger partial charge is 0.289 e. The second-order valence-corrected chi connectivity index (χ2v) is 3.26. The van der Waals surface area contributed by atoms with Crippen molar-refractivity contribution in [1.29, 1.82) is 0 Å². The average Bonchev–Trinajstić information content (AvgIpc) is 2.30. The Balaban J connectivity index is 2.48. The third-order valence-corrected chi connectivity index (χ3v) is 2.10. The fraction of sp³-hybridized carbons (Fsp3) is 0. The maximum absolute atomic E-state index is 10.5. The van der Waals surface area contributed by atoms with Gasteiger partial charge < -0.3 is 0 Å². The van der Waals surface area contributed by atoms with Crippen LogP contribution in [-0.4, -0.2) is 19.9 Å². The van der Waals surface area contributed by atoms with E-state index in [-0.39, 0.29) is 10.7 Å². The lowest BCUT2D eigenvalue weighted by molar-refractivity contribution is -0.385. The highest BCUT2D eigenvalue weighted by atomic mass is 35.5. The first-order chi connectivity index (χ1) is 7.68. The van der Waals surface area contributed by atoms with Gasteiger partial charge in [0, 0.05) is 18.5 Å². The minimum Gasteiger partial charge on any atom is -0.258 e. The van der Waals surface area contributed by atoms with Gasteiger partial charge in [-0.3, -0.25) is 10.1 Å². The summed E-state index contributed by atoms with van der Waals surface area (Å²) in [7, 11) is 0. The van der Waals surface area contributed by atoms with E-state index in [1.54, 1.807) is 18.5 Å². The monoisotopic (exact) mass is 236 g/mol. The van der Waals surface area contributed by atoms with Crippen LogP contribution in [0.3, 0.4) is 0 Å². The molecule has 16 heavy (non-hydrogen) atoms. The molecule has 0 bridgehead atoms. The molecule has 0 N–H and O–H groups in total. The zero-order valence-electron chi connectivity index (χ0n) is 7.87. The Kier molecular flexibility index (Phi) is 2.74. The predicted octanol–water partition coefficient (Wildman–Crippen LogP) is 2.10. The molecule has 80 valence electrons. The Bertz CT molecular complexity index is 532. The van der Waals surface area contributed by atoms with Crippen molar-refractivity contribution >= 4 is 17.3 Å². The standard InChI is InChI=1S/C9H5ClN4O2/c10-7-4-6(14(15)16)5-13-8(7)9-11-2-1-3-12-9/h1-5H. The van der Waals surface area contributed by atoms with E-state index in [0.29, 0.717) is 11.5 Å². The van der Waals surface area contributed by atoms with Crippen molar-refractivity contribution in [1.82, 2.24) is 15.0 Å². The minimum absolute atomic E-state index is 0.153. The summed E-state index contributed by atoms with van der Waals surface area (Å²) < 4.78 is 0. The molecule has 2 aromatic rings. The van der Waals surface area contributed by atoms with Crippen molar-refractivity contribution < 1.29 is 4.92 Å². The lowest BCUT2D eigenvalue weighted by atomic mass is 10.3. The van der Waals surface area contributed by atoms with Crippen molar-refractivity contribution in [3.8, 4) is 11.5 Å². The van der Waals surface area contributed by atoms with Gasteiger partial charge in [0.1, 0.15) is 11.9 Å². The Morgan fingerprint density at radius 1 is 1.25 bits per heavy atom. The molecule has 2 heterocycles. The van der Waals surface area contributed by atoms with Crippen LogP contribution in [0.5, 0.6) is 0 Å². The van der Waals surface area contributed by atoms with Gasteiger partial charge >= 0.3 is 0 Å². The van der Waals surface area contributed by atoms with E-state index in [1.807, 2.05) is 0 Å². The molecule has 6 nitrogen and oxygen atoms in total. The normalized spacial score (nSPS) is 10.1. The number of hydrogen-bond donors (Lipinski definition) is 0. The summed E-state index contributed by atoms with van der Waals surface area (Å²) in [5.74, 6) is 0.336. The zero-order chi connectivity index (χ0) is 11.5. The molecule has 7 heteroatoms. The van der Waals surface area contributed by atoms with Crippen molar-refractivity contribution in [3.05, 3.63) is 45.9 Å². The molecule has 0 saturated carbocycles. The summed E-state index contributed by atoms with van der Waals surface area (Å²) in [5.41, 5.74) is 0.164. The molecule has 0 aliphatic carbocycles. The molecule has 0 aliphatic heterocycles. The van der Waals surface area contributed by atoms with Gasteiger partial charge in [0.25, 0.3) is 5.69 Å². The van der Waals surface area contributed by atoms with Gasteiger partial charge in [0.2, 0.25) is 0 Å². The van der Waals surface area contributed by atoms with Crippen molar-refractivity contribution in [2.75, 3.05) is 0 Å². The van der Waals surface area contributed by atoms with Gasteiger partial charge in [-0.05, 0) is 6.07 Å². The first kappa shape index (κ1) is 10.4. The van der Waals surface area contributed by atoms with Gasteiger partial charge in [0.05, 0.1) is 9.95 Å². The Morgan fingerprint density at radius 3 is 2.50 bits per heavy atom. The van der Waals surface area contributed by atoms with Crippen LogP contribution in [-0.2, 0) is 0 Å².